The van der Waals surface area contributed by atoms with E-state index in [1.54, 1.807) is 24.3 Å². The van der Waals surface area contributed by atoms with E-state index in [4.69, 9.17) is 11.6 Å². The molecule has 0 saturated carbocycles. The predicted molar refractivity (Wildman–Crippen MR) is 104 cm³/mol. The third kappa shape index (κ3) is 2.73. The van der Waals surface area contributed by atoms with E-state index in [1.807, 2.05) is 0 Å². The van der Waals surface area contributed by atoms with Gasteiger partial charge < -0.3 is 0 Å². The van der Waals surface area contributed by atoms with Crippen LogP contribution in [0.25, 0.3) is 10.2 Å². The van der Waals surface area contributed by atoms with Gasteiger partial charge in [0.15, 0.2) is 5.78 Å². The molecule has 0 unspecified atom stereocenters. The van der Waals surface area contributed by atoms with Gasteiger partial charge in [0, 0.05) is 22.5 Å². The molecular formula is C19H17ClN2O3S. The minimum absolute atomic E-state index is 0.0890. The number of ketones is 1. The van der Waals surface area contributed by atoms with E-state index in [0.717, 1.165) is 35.8 Å². The molecule has 1 aliphatic rings. The van der Waals surface area contributed by atoms with Crippen LogP contribution >= 0.6 is 22.9 Å². The van der Waals surface area contributed by atoms with Crippen LogP contribution in [0.3, 0.4) is 0 Å². The largest absolute Gasteiger partial charge is 0.331 e. The first kappa shape index (κ1) is 17.2. The second-order valence-electron chi connectivity index (χ2n) is 6.55. The average molecular weight is 389 g/mol. The van der Waals surface area contributed by atoms with Crippen molar-refractivity contribution in [3.63, 3.8) is 0 Å². The lowest BCUT2D eigenvalue weighted by molar-refractivity contribution is 0.0971. The molecule has 0 aliphatic heterocycles. The molecule has 2 aromatic heterocycles. The minimum Gasteiger partial charge on any atom is -0.292 e. The van der Waals surface area contributed by atoms with Crippen LogP contribution in [0.2, 0.25) is 5.02 Å². The molecule has 0 amide bonds. The number of Topliss-reactive ketones (excluding diaryl/α,β-unsaturated/α-hetero) is 1. The van der Waals surface area contributed by atoms with E-state index in [9.17, 15) is 14.4 Å². The fraction of sp³-hybridized carbons (Fsp3) is 0.316. The lowest BCUT2D eigenvalue weighted by atomic mass is 9.98. The van der Waals surface area contributed by atoms with E-state index in [2.05, 4.69) is 0 Å². The monoisotopic (exact) mass is 388 g/mol. The number of carbonyl (C=O) groups is 1. The van der Waals surface area contributed by atoms with E-state index in [1.165, 1.54) is 27.8 Å². The van der Waals surface area contributed by atoms with E-state index >= 15 is 0 Å². The third-order valence-corrected chi connectivity index (χ3v) is 6.42. The molecule has 7 heteroatoms. The molecule has 2 heterocycles. The topological polar surface area (TPSA) is 61.1 Å². The smallest absolute Gasteiger partial charge is 0.292 e. The van der Waals surface area contributed by atoms with Crippen molar-refractivity contribution >= 4 is 38.9 Å². The highest BCUT2D eigenvalue weighted by Crippen LogP contribution is 2.34. The summed E-state index contributed by atoms with van der Waals surface area (Å²) in [6, 6.07) is 6.61. The van der Waals surface area contributed by atoms with E-state index in [-0.39, 0.29) is 17.9 Å². The molecule has 0 spiro atoms. The van der Waals surface area contributed by atoms with Gasteiger partial charge in [0.2, 0.25) is 0 Å². The summed E-state index contributed by atoms with van der Waals surface area (Å²) in [6.07, 6.45) is 3.90. The van der Waals surface area contributed by atoms with Gasteiger partial charge in [-0.3, -0.25) is 18.7 Å². The Morgan fingerprint density at radius 1 is 1.15 bits per heavy atom. The van der Waals surface area contributed by atoms with Gasteiger partial charge in [0.25, 0.3) is 5.56 Å². The normalized spacial score (nSPS) is 13.8. The van der Waals surface area contributed by atoms with Gasteiger partial charge in [-0.2, -0.15) is 0 Å². The highest BCUT2D eigenvalue weighted by Gasteiger charge is 2.23. The van der Waals surface area contributed by atoms with Crippen LogP contribution in [0.4, 0.5) is 0 Å². The highest BCUT2D eigenvalue weighted by atomic mass is 35.5. The molecule has 134 valence electrons. The van der Waals surface area contributed by atoms with Crippen molar-refractivity contribution in [3.8, 4) is 0 Å². The van der Waals surface area contributed by atoms with Crippen molar-refractivity contribution in [3.05, 3.63) is 66.1 Å². The number of aryl methyl sites for hydroxylation is 2. The molecule has 0 radical (unpaired) electrons. The first-order chi connectivity index (χ1) is 12.5. The zero-order valence-corrected chi connectivity index (χ0v) is 15.8. The molecule has 26 heavy (non-hydrogen) atoms. The zero-order chi connectivity index (χ0) is 18.4. The Kier molecular flexibility index (Phi) is 4.32. The Balaban J connectivity index is 1.90. The molecule has 0 fully saturated rings. The van der Waals surface area contributed by atoms with Gasteiger partial charge in [-0.1, -0.05) is 11.6 Å². The molecule has 0 N–H and O–H groups in total. The predicted octanol–water partition coefficient (Wildman–Crippen LogP) is 3.18. The Hall–Kier alpha value is -2.18. The van der Waals surface area contributed by atoms with Crippen molar-refractivity contribution in [2.45, 2.75) is 32.2 Å². The fourth-order valence-electron chi connectivity index (χ4n) is 3.51. The van der Waals surface area contributed by atoms with Crippen molar-refractivity contribution in [2.24, 2.45) is 7.05 Å². The molecule has 1 aliphatic carbocycles. The van der Waals surface area contributed by atoms with Gasteiger partial charge >= 0.3 is 5.69 Å². The molecule has 0 bridgehead atoms. The molecule has 0 atom stereocenters. The van der Waals surface area contributed by atoms with Gasteiger partial charge in [0.05, 0.1) is 12.1 Å². The molecule has 4 rings (SSSR count). The van der Waals surface area contributed by atoms with Crippen LogP contribution in [-0.2, 0) is 26.4 Å². The van der Waals surface area contributed by atoms with Crippen LogP contribution < -0.4 is 11.2 Å². The Bertz CT molecular complexity index is 1140. The summed E-state index contributed by atoms with van der Waals surface area (Å²) >= 11 is 7.35. The summed E-state index contributed by atoms with van der Waals surface area (Å²) in [7, 11) is 1.46. The minimum atomic E-state index is -0.448. The highest BCUT2D eigenvalue weighted by molar-refractivity contribution is 7.19. The number of thiophene rings is 1. The van der Waals surface area contributed by atoms with Gasteiger partial charge in [-0.25, -0.2) is 4.79 Å². The maximum absolute atomic E-state index is 12.8. The lowest BCUT2D eigenvalue weighted by Gasteiger charge is -2.14. The number of aromatic nitrogens is 2. The first-order valence-electron chi connectivity index (χ1n) is 8.50. The van der Waals surface area contributed by atoms with Gasteiger partial charge in [-0.15, -0.1) is 11.3 Å². The number of halogens is 1. The van der Waals surface area contributed by atoms with Crippen LogP contribution in [-0.4, -0.2) is 14.9 Å². The van der Waals surface area contributed by atoms with E-state index < -0.39 is 5.69 Å². The van der Waals surface area contributed by atoms with Crippen molar-refractivity contribution < 1.29 is 4.79 Å². The Morgan fingerprint density at radius 2 is 1.85 bits per heavy atom. The molecule has 0 saturated heterocycles. The first-order valence-corrected chi connectivity index (χ1v) is 9.69. The summed E-state index contributed by atoms with van der Waals surface area (Å²) in [5, 5.41) is 0.551. The summed E-state index contributed by atoms with van der Waals surface area (Å²) in [5.41, 5.74) is 1.48. The fourth-order valence-corrected chi connectivity index (χ4v) is 5.01. The molecule has 5 nitrogen and oxygen atoms in total. The third-order valence-electron chi connectivity index (χ3n) is 4.90. The number of hydrogen-bond acceptors (Lipinski definition) is 4. The molecular weight excluding hydrogens is 372 g/mol. The van der Waals surface area contributed by atoms with Crippen LogP contribution in [0.5, 0.6) is 0 Å². The number of benzene rings is 1. The SMILES string of the molecule is Cn1c(=O)c2sc3c(c2n(CC(=O)c2ccc(Cl)cc2)c1=O)CCCC3. The van der Waals surface area contributed by atoms with Crippen LogP contribution in [0, 0.1) is 0 Å². The van der Waals surface area contributed by atoms with Gasteiger partial charge in [-0.05, 0) is 55.5 Å². The Labute approximate surface area is 158 Å². The number of hydrogen-bond donors (Lipinski definition) is 0. The number of carbonyl (C=O) groups excluding carboxylic acids is 1. The molecule has 1 aromatic carbocycles. The number of rotatable bonds is 3. The van der Waals surface area contributed by atoms with E-state index in [0.29, 0.717) is 20.8 Å². The number of fused-ring (bicyclic) bond motifs is 3. The second-order valence-corrected chi connectivity index (χ2v) is 8.09. The van der Waals surface area contributed by atoms with Crippen molar-refractivity contribution in [2.75, 3.05) is 0 Å². The maximum Gasteiger partial charge on any atom is 0.331 e. The Morgan fingerprint density at radius 3 is 2.58 bits per heavy atom. The average Bonchev–Trinajstić information content (AvgIpc) is 3.03. The summed E-state index contributed by atoms with van der Waals surface area (Å²) in [5.74, 6) is -0.181. The maximum atomic E-state index is 12.8. The zero-order valence-electron chi connectivity index (χ0n) is 14.3. The summed E-state index contributed by atoms with van der Waals surface area (Å²) in [4.78, 5) is 39.2. The number of nitrogens with zero attached hydrogens (tertiary/aromatic N) is 2. The van der Waals surface area contributed by atoms with Crippen molar-refractivity contribution in [1.82, 2.24) is 9.13 Å². The molecule has 3 aromatic rings. The summed E-state index contributed by atoms with van der Waals surface area (Å²) in [6.45, 7) is -0.0890. The van der Waals surface area contributed by atoms with Crippen LogP contribution in [0.15, 0.2) is 33.9 Å². The standard InChI is InChI=1S/C19H17ClN2O3S/c1-21-18(24)17-16(13-4-2-3-5-15(13)26-17)22(19(21)25)10-14(23)11-6-8-12(20)9-7-11/h6-9H,2-5,10H2,1H3. The summed E-state index contributed by atoms with van der Waals surface area (Å²) < 4.78 is 3.14. The van der Waals surface area contributed by atoms with Crippen LogP contribution in [0.1, 0.15) is 33.6 Å². The quantitative estimate of drug-likeness (QED) is 0.647. The van der Waals surface area contributed by atoms with Crippen molar-refractivity contribution in [1.29, 1.82) is 0 Å². The second kappa shape index (κ2) is 6.52. The van der Waals surface area contributed by atoms with Gasteiger partial charge in [0.1, 0.15) is 4.70 Å². The lowest BCUT2D eigenvalue weighted by Crippen LogP contribution is -2.39.